The molecule has 5 rings (SSSR count). The largest absolute Gasteiger partial charge is 0.376 e. The number of hydrogen-bond donors (Lipinski definition) is 1. The molecule has 136 valence electrons. The minimum atomic E-state index is -1.63. The second-order valence-electron chi connectivity index (χ2n) is 7.45. The number of hydrogen-bond acceptors (Lipinski definition) is 2. The van der Waals surface area contributed by atoms with Gasteiger partial charge >= 0.3 is 0 Å². The fraction of sp³-hybridized carbons (Fsp3) is 0.115. The van der Waals surface area contributed by atoms with Crippen molar-refractivity contribution in [3.63, 3.8) is 0 Å². The van der Waals surface area contributed by atoms with Crippen LogP contribution in [-0.4, -0.2) is 10.9 Å². The quantitative estimate of drug-likeness (QED) is 0.502. The van der Waals surface area contributed by atoms with Gasteiger partial charge in [-0.05, 0) is 33.9 Å². The van der Waals surface area contributed by atoms with Gasteiger partial charge < -0.3 is 5.11 Å². The van der Waals surface area contributed by atoms with Gasteiger partial charge in [0, 0.05) is 11.5 Å². The molecular formula is C26H20O2. The smallest absolute Gasteiger partial charge is 0.199 e. The van der Waals surface area contributed by atoms with Gasteiger partial charge in [0.1, 0.15) is 0 Å². The Bertz CT molecular complexity index is 1160. The maximum Gasteiger partial charge on any atom is 0.199 e. The van der Waals surface area contributed by atoms with E-state index in [1.165, 1.54) is 10.9 Å². The normalized spacial score (nSPS) is 17.4. The third-order valence-corrected chi connectivity index (χ3v) is 5.92. The highest BCUT2D eigenvalue weighted by atomic mass is 16.3. The standard InChI is InChI=1S/C26H20O2/c27-25(19-9-3-1-4-10-19)26(28,21-14-5-2-6-15-21)23-17-20-13-7-11-18-12-8-16-22(23)24(18)20/h1-16,23,28H,17H2. The van der Waals surface area contributed by atoms with E-state index in [1.807, 2.05) is 60.7 Å². The van der Waals surface area contributed by atoms with Crippen molar-refractivity contribution >= 4 is 16.6 Å². The number of rotatable bonds is 4. The number of ketones is 1. The van der Waals surface area contributed by atoms with Crippen molar-refractivity contribution in [2.45, 2.75) is 17.9 Å². The Morgan fingerprint density at radius 3 is 2.14 bits per heavy atom. The molecule has 1 aliphatic carbocycles. The van der Waals surface area contributed by atoms with Crippen LogP contribution in [0.25, 0.3) is 10.8 Å². The van der Waals surface area contributed by atoms with E-state index in [9.17, 15) is 9.90 Å². The third-order valence-electron chi connectivity index (χ3n) is 5.92. The number of aliphatic hydroxyl groups is 1. The molecule has 4 aromatic rings. The Balaban J connectivity index is 1.73. The van der Waals surface area contributed by atoms with E-state index >= 15 is 0 Å². The monoisotopic (exact) mass is 364 g/mol. The molecule has 0 aliphatic heterocycles. The molecule has 2 atom stereocenters. The maximum atomic E-state index is 13.7. The lowest BCUT2D eigenvalue weighted by Crippen LogP contribution is -2.42. The molecule has 0 saturated carbocycles. The first-order valence-electron chi connectivity index (χ1n) is 9.58. The first-order valence-corrected chi connectivity index (χ1v) is 9.58. The van der Waals surface area contributed by atoms with Crippen molar-refractivity contribution < 1.29 is 9.90 Å². The first-order chi connectivity index (χ1) is 13.7. The van der Waals surface area contributed by atoms with Crippen molar-refractivity contribution in [2.75, 3.05) is 0 Å². The summed E-state index contributed by atoms with van der Waals surface area (Å²) in [7, 11) is 0. The van der Waals surface area contributed by atoms with E-state index in [2.05, 4.69) is 24.3 Å². The van der Waals surface area contributed by atoms with E-state index in [-0.39, 0.29) is 11.7 Å². The van der Waals surface area contributed by atoms with Crippen LogP contribution in [0.4, 0.5) is 0 Å². The van der Waals surface area contributed by atoms with Crippen molar-refractivity contribution in [3.05, 3.63) is 119 Å². The summed E-state index contributed by atoms with van der Waals surface area (Å²) in [5.41, 5.74) is 1.77. The third kappa shape index (κ3) is 2.42. The van der Waals surface area contributed by atoms with Gasteiger partial charge in [0.25, 0.3) is 0 Å². The average molecular weight is 364 g/mol. The summed E-state index contributed by atoms with van der Waals surface area (Å²) in [6, 6.07) is 30.9. The predicted molar refractivity (Wildman–Crippen MR) is 112 cm³/mol. The topological polar surface area (TPSA) is 37.3 Å². The molecule has 1 N–H and O–H groups in total. The molecular weight excluding hydrogens is 344 g/mol. The van der Waals surface area contributed by atoms with E-state index in [1.54, 1.807) is 12.1 Å². The molecule has 0 fully saturated rings. The van der Waals surface area contributed by atoms with Gasteiger partial charge in [-0.2, -0.15) is 0 Å². The maximum absolute atomic E-state index is 13.7. The predicted octanol–water partition coefficient (Wildman–Crippen LogP) is 5.25. The lowest BCUT2D eigenvalue weighted by Gasteiger charge is -2.34. The van der Waals surface area contributed by atoms with Gasteiger partial charge in [-0.3, -0.25) is 4.79 Å². The summed E-state index contributed by atoms with van der Waals surface area (Å²) >= 11 is 0. The summed E-state index contributed by atoms with van der Waals surface area (Å²) in [6.45, 7) is 0. The van der Waals surface area contributed by atoms with Crippen LogP contribution in [0.1, 0.15) is 33.0 Å². The van der Waals surface area contributed by atoms with E-state index in [0.29, 0.717) is 17.5 Å². The van der Waals surface area contributed by atoms with Crippen LogP contribution in [0.2, 0.25) is 0 Å². The van der Waals surface area contributed by atoms with Gasteiger partial charge in [-0.25, -0.2) is 0 Å². The molecule has 0 spiro atoms. The summed E-state index contributed by atoms with van der Waals surface area (Å²) in [4.78, 5) is 13.7. The fourth-order valence-electron chi connectivity index (χ4n) is 4.61. The molecule has 0 saturated heterocycles. The van der Waals surface area contributed by atoms with Gasteiger partial charge in [0.2, 0.25) is 0 Å². The molecule has 0 aromatic heterocycles. The number of carbonyl (C=O) groups is 1. The Labute approximate surface area is 164 Å². The van der Waals surface area contributed by atoms with Crippen molar-refractivity contribution in [1.29, 1.82) is 0 Å². The van der Waals surface area contributed by atoms with Gasteiger partial charge in [-0.15, -0.1) is 0 Å². The van der Waals surface area contributed by atoms with E-state index in [0.717, 1.165) is 10.9 Å². The van der Waals surface area contributed by atoms with Gasteiger partial charge in [0.15, 0.2) is 11.4 Å². The average Bonchev–Trinajstić information content (AvgIpc) is 3.15. The second kappa shape index (κ2) is 6.43. The summed E-state index contributed by atoms with van der Waals surface area (Å²) < 4.78 is 0. The highest BCUT2D eigenvalue weighted by Gasteiger charge is 2.48. The summed E-state index contributed by atoms with van der Waals surface area (Å²) in [5, 5.41) is 14.4. The number of benzene rings is 4. The van der Waals surface area contributed by atoms with Crippen LogP contribution in [-0.2, 0) is 12.0 Å². The van der Waals surface area contributed by atoms with Crippen molar-refractivity contribution in [3.8, 4) is 0 Å². The van der Waals surface area contributed by atoms with Crippen LogP contribution in [0, 0.1) is 0 Å². The molecule has 28 heavy (non-hydrogen) atoms. The molecule has 0 heterocycles. The molecule has 1 aliphatic rings. The molecule has 2 unspecified atom stereocenters. The van der Waals surface area contributed by atoms with E-state index in [4.69, 9.17) is 0 Å². The zero-order chi connectivity index (χ0) is 19.1. The molecule has 0 amide bonds. The highest BCUT2D eigenvalue weighted by molar-refractivity contribution is 6.05. The zero-order valence-electron chi connectivity index (χ0n) is 15.4. The Morgan fingerprint density at radius 2 is 1.43 bits per heavy atom. The number of carbonyl (C=O) groups excluding carboxylic acids is 1. The van der Waals surface area contributed by atoms with Crippen LogP contribution in [0.15, 0.2) is 97.1 Å². The highest BCUT2D eigenvalue weighted by Crippen LogP contribution is 2.48. The van der Waals surface area contributed by atoms with Crippen LogP contribution >= 0.6 is 0 Å². The van der Waals surface area contributed by atoms with Crippen LogP contribution in [0.5, 0.6) is 0 Å². The fourth-order valence-corrected chi connectivity index (χ4v) is 4.61. The second-order valence-corrected chi connectivity index (χ2v) is 7.45. The van der Waals surface area contributed by atoms with Gasteiger partial charge in [-0.1, -0.05) is 97.1 Å². The van der Waals surface area contributed by atoms with Crippen molar-refractivity contribution in [2.24, 2.45) is 0 Å². The summed E-state index contributed by atoms with van der Waals surface area (Å²) in [6.07, 6.45) is 0.640. The zero-order valence-corrected chi connectivity index (χ0v) is 15.4. The SMILES string of the molecule is O=C(c1ccccc1)C(O)(c1ccccc1)C1Cc2cccc3cccc1c23. The minimum absolute atomic E-state index is 0.255. The Kier molecular flexibility index (Phi) is 3.88. The Morgan fingerprint density at radius 1 is 0.786 bits per heavy atom. The lowest BCUT2D eigenvalue weighted by molar-refractivity contribution is 0.0146. The van der Waals surface area contributed by atoms with E-state index < -0.39 is 5.60 Å². The summed E-state index contributed by atoms with van der Waals surface area (Å²) in [5.74, 6) is -0.585. The number of Topliss-reactive ketones (excluding diaryl/α,β-unsaturated/α-hetero) is 1. The molecule has 2 heteroatoms. The molecule has 0 radical (unpaired) electrons. The molecule has 4 aromatic carbocycles. The Hall–Kier alpha value is -3.23. The van der Waals surface area contributed by atoms with Crippen molar-refractivity contribution in [1.82, 2.24) is 0 Å². The van der Waals surface area contributed by atoms with Gasteiger partial charge in [0.05, 0.1) is 0 Å². The van der Waals surface area contributed by atoms with Crippen LogP contribution < -0.4 is 0 Å². The van der Waals surface area contributed by atoms with Crippen LogP contribution in [0.3, 0.4) is 0 Å². The minimum Gasteiger partial charge on any atom is -0.376 e. The lowest BCUT2D eigenvalue weighted by atomic mass is 9.73. The molecule has 2 nitrogen and oxygen atoms in total. The molecule has 0 bridgehead atoms. The first kappa shape index (κ1) is 16.9.